The molecule has 0 saturated heterocycles. The molecule has 17 heavy (non-hydrogen) atoms. The van der Waals surface area contributed by atoms with Crippen LogP contribution in [0.25, 0.3) is 0 Å². The summed E-state index contributed by atoms with van der Waals surface area (Å²) in [6.07, 6.45) is 2.68. The van der Waals surface area contributed by atoms with Crippen molar-refractivity contribution in [2.24, 2.45) is 0 Å². The Morgan fingerprint density at radius 1 is 1.41 bits per heavy atom. The highest BCUT2D eigenvalue weighted by Gasteiger charge is 2.22. The van der Waals surface area contributed by atoms with Crippen LogP contribution in [0.4, 0.5) is 5.69 Å². The number of hydrogen-bond acceptors (Lipinski definition) is 3. The second-order valence-corrected chi connectivity index (χ2v) is 4.81. The predicted molar refractivity (Wildman–Crippen MR) is 71.9 cm³/mol. The summed E-state index contributed by atoms with van der Waals surface area (Å²) in [5, 5.41) is 3.56. The smallest absolute Gasteiger partial charge is 0.142 e. The minimum Gasteiger partial charge on any atom is -0.495 e. The van der Waals surface area contributed by atoms with Crippen molar-refractivity contribution in [2.45, 2.75) is 31.8 Å². The molecule has 0 spiro atoms. The highest BCUT2D eigenvalue weighted by atomic mass is 16.5. The average Bonchev–Trinajstić information content (AvgIpc) is 3.19. The fourth-order valence-electron chi connectivity index (χ4n) is 1.92. The molecule has 1 aromatic rings. The maximum atomic E-state index is 5.39. The summed E-state index contributed by atoms with van der Waals surface area (Å²) in [4.78, 5) is 2.27. The molecule has 3 heteroatoms. The van der Waals surface area contributed by atoms with Gasteiger partial charge in [0, 0.05) is 25.7 Å². The monoisotopic (exact) mass is 234 g/mol. The summed E-state index contributed by atoms with van der Waals surface area (Å²) in [5.74, 6) is 0.938. The Labute approximate surface area is 104 Å². The molecule has 0 bridgehead atoms. The van der Waals surface area contributed by atoms with Gasteiger partial charge in [-0.2, -0.15) is 0 Å². The zero-order valence-electron chi connectivity index (χ0n) is 10.9. The largest absolute Gasteiger partial charge is 0.495 e. The number of methoxy groups -OCH3 is 1. The quantitative estimate of drug-likeness (QED) is 0.817. The van der Waals surface area contributed by atoms with Gasteiger partial charge in [-0.25, -0.2) is 0 Å². The SMILES string of the molecule is COc1ccccc1N(C)C(C)CNC1CC1. The van der Waals surface area contributed by atoms with Crippen LogP contribution in [0.5, 0.6) is 5.75 Å². The molecule has 1 fully saturated rings. The van der Waals surface area contributed by atoms with Gasteiger partial charge in [-0.1, -0.05) is 12.1 Å². The van der Waals surface area contributed by atoms with E-state index in [-0.39, 0.29) is 0 Å². The first-order valence-electron chi connectivity index (χ1n) is 6.31. The molecule has 1 aliphatic rings. The highest BCUT2D eigenvalue weighted by molar-refractivity contribution is 5.58. The standard InChI is InChI=1S/C14H22N2O/c1-11(10-15-12-8-9-12)16(2)13-6-4-5-7-14(13)17-3/h4-7,11-12,15H,8-10H2,1-3H3. The molecule has 0 radical (unpaired) electrons. The highest BCUT2D eigenvalue weighted by Crippen LogP contribution is 2.28. The number of anilines is 1. The van der Waals surface area contributed by atoms with Gasteiger partial charge in [-0.3, -0.25) is 0 Å². The van der Waals surface area contributed by atoms with Crippen molar-refractivity contribution in [3.63, 3.8) is 0 Å². The van der Waals surface area contributed by atoms with Crippen molar-refractivity contribution in [3.05, 3.63) is 24.3 Å². The molecule has 1 atom stereocenters. The lowest BCUT2D eigenvalue weighted by Gasteiger charge is -2.28. The van der Waals surface area contributed by atoms with E-state index in [2.05, 4.69) is 36.3 Å². The summed E-state index contributed by atoms with van der Waals surface area (Å²) >= 11 is 0. The van der Waals surface area contributed by atoms with Gasteiger partial charge in [0.15, 0.2) is 0 Å². The zero-order chi connectivity index (χ0) is 12.3. The lowest BCUT2D eigenvalue weighted by atomic mass is 10.2. The van der Waals surface area contributed by atoms with E-state index < -0.39 is 0 Å². The molecule has 3 nitrogen and oxygen atoms in total. The second-order valence-electron chi connectivity index (χ2n) is 4.81. The van der Waals surface area contributed by atoms with Crippen molar-refractivity contribution in [2.75, 3.05) is 25.6 Å². The third kappa shape index (κ3) is 3.13. The van der Waals surface area contributed by atoms with Gasteiger partial charge in [0.05, 0.1) is 12.8 Å². The maximum Gasteiger partial charge on any atom is 0.142 e. The number of nitrogens with zero attached hydrogens (tertiary/aromatic N) is 1. The zero-order valence-corrected chi connectivity index (χ0v) is 10.9. The summed E-state index contributed by atoms with van der Waals surface area (Å²) in [6, 6.07) is 9.40. The lowest BCUT2D eigenvalue weighted by Crippen LogP contribution is -2.38. The lowest BCUT2D eigenvalue weighted by molar-refractivity contribution is 0.413. The molecule has 1 unspecified atom stereocenters. The van der Waals surface area contributed by atoms with Crippen LogP contribution in [0, 0.1) is 0 Å². The van der Waals surface area contributed by atoms with Crippen LogP contribution in [-0.2, 0) is 0 Å². The number of likely N-dealkylation sites (N-methyl/N-ethyl adjacent to an activating group) is 1. The fraction of sp³-hybridized carbons (Fsp3) is 0.571. The average molecular weight is 234 g/mol. The van der Waals surface area contributed by atoms with Gasteiger partial charge in [0.1, 0.15) is 5.75 Å². The summed E-state index contributed by atoms with van der Waals surface area (Å²) in [5.41, 5.74) is 1.15. The first kappa shape index (κ1) is 12.2. The molecule has 1 N–H and O–H groups in total. The Hall–Kier alpha value is -1.22. The van der Waals surface area contributed by atoms with Gasteiger partial charge < -0.3 is 15.0 Å². The van der Waals surface area contributed by atoms with Crippen LogP contribution in [0.3, 0.4) is 0 Å². The van der Waals surface area contributed by atoms with E-state index in [4.69, 9.17) is 4.74 Å². The van der Waals surface area contributed by atoms with Gasteiger partial charge >= 0.3 is 0 Å². The Morgan fingerprint density at radius 2 is 2.12 bits per heavy atom. The number of benzene rings is 1. The van der Waals surface area contributed by atoms with Gasteiger partial charge in [-0.15, -0.1) is 0 Å². The minimum atomic E-state index is 0.465. The Kier molecular flexibility index (Phi) is 3.89. The van der Waals surface area contributed by atoms with Crippen LogP contribution in [-0.4, -0.2) is 32.8 Å². The Bertz CT molecular complexity index is 363. The molecule has 1 aromatic carbocycles. The van der Waals surface area contributed by atoms with Crippen molar-refractivity contribution in [1.82, 2.24) is 5.32 Å². The number of nitrogens with one attached hydrogen (secondary N) is 1. The maximum absolute atomic E-state index is 5.39. The summed E-state index contributed by atoms with van der Waals surface area (Å²) in [6.45, 7) is 3.26. The van der Waals surface area contributed by atoms with E-state index in [1.165, 1.54) is 12.8 Å². The van der Waals surface area contributed by atoms with Crippen molar-refractivity contribution < 1.29 is 4.74 Å². The molecule has 0 aliphatic heterocycles. The number of hydrogen-bond donors (Lipinski definition) is 1. The summed E-state index contributed by atoms with van der Waals surface area (Å²) in [7, 11) is 3.84. The molecule has 0 aromatic heterocycles. The molecule has 94 valence electrons. The van der Waals surface area contributed by atoms with E-state index in [9.17, 15) is 0 Å². The fourth-order valence-corrected chi connectivity index (χ4v) is 1.92. The van der Waals surface area contributed by atoms with E-state index in [0.29, 0.717) is 6.04 Å². The molecule has 1 aliphatic carbocycles. The molecule has 0 amide bonds. The third-order valence-electron chi connectivity index (χ3n) is 3.41. The van der Waals surface area contributed by atoms with Crippen molar-refractivity contribution >= 4 is 5.69 Å². The second kappa shape index (κ2) is 5.41. The molecule has 1 saturated carbocycles. The van der Waals surface area contributed by atoms with Crippen LogP contribution in [0.1, 0.15) is 19.8 Å². The van der Waals surface area contributed by atoms with E-state index in [1.54, 1.807) is 7.11 Å². The third-order valence-corrected chi connectivity index (χ3v) is 3.41. The normalized spacial score (nSPS) is 16.6. The molecular formula is C14H22N2O. The summed E-state index contributed by atoms with van der Waals surface area (Å²) < 4.78 is 5.39. The van der Waals surface area contributed by atoms with Crippen LogP contribution >= 0.6 is 0 Å². The number of ether oxygens (including phenoxy) is 1. The van der Waals surface area contributed by atoms with Crippen LogP contribution in [0.2, 0.25) is 0 Å². The Balaban J connectivity index is 1.98. The van der Waals surface area contributed by atoms with E-state index >= 15 is 0 Å². The van der Waals surface area contributed by atoms with E-state index in [0.717, 1.165) is 24.0 Å². The van der Waals surface area contributed by atoms with E-state index in [1.807, 2.05) is 12.1 Å². The van der Waals surface area contributed by atoms with Crippen molar-refractivity contribution in [1.29, 1.82) is 0 Å². The molecule has 0 heterocycles. The molecular weight excluding hydrogens is 212 g/mol. The number of rotatable bonds is 6. The molecule has 2 rings (SSSR count). The van der Waals surface area contributed by atoms with Gasteiger partial charge in [0.2, 0.25) is 0 Å². The van der Waals surface area contributed by atoms with Crippen LogP contribution < -0.4 is 15.0 Å². The van der Waals surface area contributed by atoms with Crippen LogP contribution in [0.15, 0.2) is 24.3 Å². The first-order valence-corrected chi connectivity index (χ1v) is 6.31. The minimum absolute atomic E-state index is 0.465. The van der Waals surface area contributed by atoms with Gasteiger partial charge in [0.25, 0.3) is 0 Å². The topological polar surface area (TPSA) is 24.5 Å². The van der Waals surface area contributed by atoms with Gasteiger partial charge in [-0.05, 0) is 31.9 Å². The Morgan fingerprint density at radius 3 is 2.76 bits per heavy atom. The van der Waals surface area contributed by atoms with Crippen molar-refractivity contribution in [3.8, 4) is 5.75 Å². The predicted octanol–water partition coefficient (Wildman–Crippen LogP) is 2.27. The number of para-hydroxylation sites is 2. The first-order chi connectivity index (χ1) is 8.22.